The Labute approximate surface area is 134 Å². The molecule has 2 aromatic carbocycles. The second kappa shape index (κ2) is 6.75. The van der Waals surface area contributed by atoms with E-state index in [4.69, 9.17) is 0 Å². The third kappa shape index (κ3) is 4.04. The van der Waals surface area contributed by atoms with Crippen molar-refractivity contribution >= 4 is 27.5 Å². The second-order valence-corrected chi connectivity index (χ2v) is 6.90. The van der Waals surface area contributed by atoms with Crippen LogP contribution >= 0.6 is 0 Å². The second-order valence-electron chi connectivity index (χ2n) is 4.89. The molecule has 0 bridgehead atoms. The maximum atomic E-state index is 13.0. The molecule has 6 heteroatoms. The topological polar surface area (TPSA) is 66.7 Å². The minimum atomic E-state index is -3.30. The zero-order chi connectivity index (χ0) is 17.0. The molecular formula is C17H16FNO3S. The smallest absolute Gasteiger partial charge is 0.175 e. The van der Waals surface area contributed by atoms with E-state index < -0.39 is 9.84 Å². The highest BCUT2D eigenvalue weighted by Crippen LogP contribution is 2.26. The van der Waals surface area contributed by atoms with E-state index in [1.54, 1.807) is 6.92 Å². The first-order valence-corrected chi connectivity index (χ1v) is 8.70. The van der Waals surface area contributed by atoms with Crippen molar-refractivity contribution in [1.82, 2.24) is 0 Å². The molecule has 0 aliphatic heterocycles. The van der Waals surface area contributed by atoms with Crippen LogP contribution in [0.5, 0.6) is 0 Å². The maximum absolute atomic E-state index is 13.0. The monoisotopic (exact) mass is 333 g/mol. The lowest BCUT2D eigenvalue weighted by molar-refractivity contribution is 0.512. The molecule has 0 fully saturated rings. The van der Waals surface area contributed by atoms with Crippen LogP contribution in [0.15, 0.2) is 58.4 Å². The summed E-state index contributed by atoms with van der Waals surface area (Å²) in [4.78, 5) is 4.30. The molecule has 120 valence electrons. The third-order valence-corrected chi connectivity index (χ3v) is 4.28. The minimum absolute atomic E-state index is 0.116. The van der Waals surface area contributed by atoms with Gasteiger partial charge in [0.05, 0.1) is 4.90 Å². The number of aliphatic hydroxyl groups is 1. The number of hydrogen-bond acceptors (Lipinski definition) is 4. The van der Waals surface area contributed by atoms with Gasteiger partial charge in [-0.15, -0.1) is 0 Å². The summed E-state index contributed by atoms with van der Waals surface area (Å²) in [6.45, 7) is 1.70. The molecule has 0 spiro atoms. The molecule has 0 saturated carbocycles. The Kier molecular flexibility index (Phi) is 4.95. The van der Waals surface area contributed by atoms with Crippen LogP contribution in [0, 0.1) is 5.82 Å². The summed E-state index contributed by atoms with van der Waals surface area (Å²) in [5.41, 5.74) is 1.25. The van der Waals surface area contributed by atoms with Crippen molar-refractivity contribution in [3.8, 4) is 0 Å². The van der Waals surface area contributed by atoms with Gasteiger partial charge in [-0.25, -0.2) is 12.8 Å². The largest absolute Gasteiger partial charge is 0.505 e. The van der Waals surface area contributed by atoms with E-state index in [1.807, 2.05) is 0 Å². The first-order valence-electron chi connectivity index (χ1n) is 6.81. The average molecular weight is 333 g/mol. The number of hydrogen-bond donors (Lipinski definition) is 1. The normalized spacial score (nSPS) is 13.2. The quantitative estimate of drug-likeness (QED) is 0.527. The zero-order valence-electron chi connectivity index (χ0n) is 12.7. The fraction of sp³-hybridized carbons (Fsp3) is 0.118. The van der Waals surface area contributed by atoms with Crippen LogP contribution in [0.25, 0.3) is 11.5 Å². The van der Waals surface area contributed by atoms with Gasteiger partial charge in [0, 0.05) is 23.6 Å². The Balaban J connectivity index is 2.52. The predicted octanol–water partition coefficient (Wildman–Crippen LogP) is 3.70. The molecule has 4 nitrogen and oxygen atoms in total. The van der Waals surface area contributed by atoms with Crippen molar-refractivity contribution in [2.45, 2.75) is 11.8 Å². The summed E-state index contributed by atoms with van der Waals surface area (Å²) in [6.07, 6.45) is 2.63. The van der Waals surface area contributed by atoms with Crippen molar-refractivity contribution in [1.29, 1.82) is 0 Å². The minimum Gasteiger partial charge on any atom is -0.505 e. The number of benzene rings is 2. The van der Waals surface area contributed by atoms with Crippen LogP contribution in [0.1, 0.15) is 18.1 Å². The fourth-order valence-corrected chi connectivity index (χ4v) is 2.64. The van der Waals surface area contributed by atoms with E-state index in [0.29, 0.717) is 11.1 Å². The highest BCUT2D eigenvalue weighted by molar-refractivity contribution is 7.90. The van der Waals surface area contributed by atoms with Crippen LogP contribution in [-0.2, 0) is 9.84 Å². The molecule has 0 heterocycles. The van der Waals surface area contributed by atoms with E-state index in [0.717, 1.165) is 6.26 Å². The molecule has 0 aliphatic rings. The van der Waals surface area contributed by atoms with Crippen molar-refractivity contribution in [3.05, 3.63) is 65.5 Å². The number of aliphatic imine (C=N–C) groups is 1. The molecule has 0 radical (unpaired) electrons. The number of nitrogens with zero attached hydrogens (tertiary/aromatic N) is 1. The van der Waals surface area contributed by atoms with Crippen LogP contribution in [0.3, 0.4) is 0 Å². The Hall–Kier alpha value is -2.47. The van der Waals surface area contributed by atoms with Gasteiger partial charge in [0.25, 0.3) is 0 Å². The van der Waals surface area contributed by atoms with Crippen molar-refractivity contribution in [2.24, 2.45) is 4.99 Å². The molecule has 0 atom stereocenters. The molecular weight excluding hydrogens is 317 g/mol. The van der Waals surface area contributed by atoms with E-state index in [2.05, 4.69) is 4.99 Å². The predicted molar refractivity (Wildman–Crippen MR) is 89.6 cm³/mol. The molecule has 0 unspecified atom stereocenters. The Morgan fingerprint density at radius 3 is 2.04 bits per heavy atom. The van der Waals surface area contributed by atoms with Gasteiger partial charge < -0.3 is 5.11 Å². The summed E-state index contributed by atoms with van der Waals surface area (Å²) >= 11 is 0. The van der Waals surface area contributed by atoms with Crippen molar-refractivity contribution < 1.29 is 17.9 Å². The summed E-state index contributed by atoms with van der Waals surface area (Å²) in [6, 6.07) is 11.4. The number of aliphatic hydroxyl groups excluding tert-OH is 1. The van der Waals surface area contributed by atoms with Gasteiger partial charge >= 0.3 is 0 Å². The number of halogens is 1. The fourth-order valence-electron chi connectivity index (χ4n) is 2.01. The summed E-state index contributed by atoms with van der Waals surface area (Å²) < 4.78 is 36.0. The van der Waals surface area contributed by atoms with Crippen LogP contribution in [-0.4, -0.2) is 26.0 Å². The average Bonchev–Trinajstić information content (AvgIpc) is 2.52. The molecule has 2 aromatic rings. The maximum Gasteiger partial charge on any atom is 0.175 e. The lowest BCUT2D eigenvalue weighted by Crippen LogP contribution is -1.97. The van der Waals surface area contributed by atoms with E-state index in [9.17, 15) is 17.9 Å². The molecule has 1 N–H and O–H groups in total. The molecule has 0 saturated heterocycles. The first-order chi connectivity index (χ1) is 10.8. The van der Waals surface area contributed by atoms with Gasteiger partial charge in [0.15, 0.2) is 9.84 Å². The molecule has 23 heavy (non-hydrogen) atoms. The van der Waals surface area contributed by atoms with Gasteiger partial charge in [-0.3, -0.25) is 4.99 Å². The highest BCUT2D eigenvalue weighted by Gasteiger charge is 2.12. The van der Waals surface area contributed by atoms with E-state index in [1.165, 1.54) is 54.7 Å². The third-order valence-electron chi connectivity index (χ3n) is 3.16. The molecule has 0 aliphatic carbocycles. The standard InChI is InChI=1S/C17H16FNO3S/c1-3-19-16(12-4-8-14(18)9-5-12)17(20)13-6-10-15(11-7-13)23(2,21)22/h3-11,20H,1-2H3/b17-16-,19-3?. The van der Waals surface area contributed by atoms with Gasteiger partial charge in [-0.05, 0) is 55.5 Å². The number of rotatable bonds is 4. The summed E-state index contributed by atoms with van der Waals surface area (Å²) in [7, 11) is -3.30. The van der Waals surface area contributed by atoms with Gasteiger partial charge in [-0.1, -0.05) is 0 Å². The lowest BCUT2D eigenvalue weighted by Gasteiger charge is -2.08. The highest BCUT2D eigenvalue weighted by atomic mass is 32.2. The molecule has 2 rings (SSSR count). The lowest BCUT2D eigenvalue weighted by atomic mass is 10.1. The molecule has 0 aromatic heterocycles. The summed E-state index contributed by atoms with van der Waals surface area (Å²) in [5.74, 6) is -0.500. The first kappa shape index (κ1) is 16.9. The van der Waals surface area contributed by atoms with Gasteiger partial charge in [0.2, 0.25) is 0 Å². The SMILES string of the molecule is CC=N/C(=C(\O)c1ccc(S(C)(=O)=O)cc1)c1ccc(F)cc1. The van der Waals surface area contributed by atoms with Crippen molar-refractivity contribution in [3.63, 3.8) is 0 Å². The van der Waals surface area contributed by atoms with Crippen molar-refractivity contribution in [2.75, 3.05) is 6.26 Å². The molecule has 0 amide bonds. The Morgan fingerprint density at radius 2 is 1.57 bits per heavy atom. The van der Waals surface area contributed by atoms with Crippen LogP contribution in [0.4, 0.5) is 4.39 Å². The van der Waals surface area contributed by atoms with E-state index in [-0.39, 0.29) is 22.2 Å². The summed E-state index contributed by atoms with van der Waals surface area (Å²) in [5, 5.41) is 10.5. The Bertz CT molecular complexity index is 852. The Morgan fingerprint density at radius 1 is 1.04 bits per heavy atom. The van der Waals surface area contributed by atoms with Gasteiger partial charge in [0.1, 0.15) is 17.3 Å². The van der Waals surface area contributed by atoms with E-state index >= 15 is 0 Å². The van der Waals surface area contributed by atoms with Crippen LogP contribution in [0.2, 0.25) is 0 Å². The zero-order valence-corrected chi connectivity index (χ0v) is 13.5. The number of sulfone groups is 1. The van der Waals surface area contributed by atoms with Crippen LogP contribution < -0.4 is 0 Å². The van der Waals surface area contributed by atoms with Gasteiger partial charge in [-0.2, -0.15) is 0 Å².